The van der Waals surface area contributed by atoms with E-state index in [0.717, 1.165) is 18.7 Å². The van der Waals surface area contributed by atoms with Crippen LogP contribution < -0.4 is 0 Å². The second-order valence-corrected chi connectivity index (χ2v) is 6.32. The Labute approximate surface area is 117 Å². The lowest BCUT2D eigenvalue weighted by molar-refractivity contribution is 0.0935. The third-order valence-electron chi connectivity index (χ3n) is 4.38. The summed E-state index contributed by atoms with van der Waals surface area (Å²) in [7, 11) is 0. The third-order valence-corrected chi connectivity index (χ3v) is 4.38. The molecule has 19 heavy (non-hydrogen) atoms. The van der Waals surface area contributed by atoms with Gasteiger partial charge in [-0.05, 0) is 50.3 Å². The van der Waals surface area contributed by atoms with Crippen molar-refractivity contribution in [2.45, 2.75) is 52.7 Å². The lowest BCUT2D eigenvalue weighted by atomic mass is 9.99. The standard InChI is InChI=1S/C17H27NO/c1-12(2)16-6-5-9-18(16)11-17(19)15-8-7-13(3)10-14(15)4/h7-8,10,12,16-17,19H,5-6,9,11H2,1-4H3. The highest BCUT2D eigenvalue weighted by molar-refractivity contribution is 5.32. The maximum absolute atomic E-state index is 10.5. The summed E-state index contributed by atoms with van der Waals surface area (Å²) in [4.78, 5) is 2.47. The predicted octanol–water partition coefficient (Wildman–Crippen LogP) is 3.46. The van der Waals surface area contributed by atoms with Gasteiger partial charge in [0, 0.05) is 12.6 Å². The van der Waals surface area contributed by atoms with Crippen LogP contribution in [0.3, 0.4) is 0 Å². The summed E-state index contributed by atoms with van der Waals surface area (Å²) in [6.45, 7) is 10.7. The zero-order valence-electron chi connectivity index (χ0n) is 12.7. The van der Waals surface area contributed by atoms with Crippen molar-refractivity contribution in [3.8, 4) is 0 Å². The van der Waals surface area contributed by atoms with Gasteiger partial charge in [-0.1, -0.05) is 37.6 Å². The van der Waals surface area contributed by atoms with Crippen LogP contribution in [0, 0.1) is 19.8 Å². The zero-order chi connectivity index (χ0) is 14.0. The second-order valence-electron chi connectivity index (χ2n) is 6.32. The molecule has 1 fully saturated rings. The smallest absolute Gasteiger partial charge is 0.0919 e. The summed E-state index contributed by atoms with van der Waals surface area (Å²) >= 11 is 0. The number of rotatable bonds is 4. The van der Waals surface area contributed by atoms with Crippen LogP contribution >= 0.6 is 0 Å². The lowest BCUT2D eigenvalue weighted by Gasteiger charge is -2.30. The first-order valence-corrected chi connectivity index (χ1v) is 7.48. The predicted molar refractivity (Wildman–Crippen MR) is 80.3 cm³/mol. The minimum atomic E-state index is -0.361. The number of β-amino-alcohol motifs (C(OH)–C–C–N with tert-alkyl or cyclic N) is 1. The quantitative estimate of drug-likeness (QED) is 0.897. The van der Waals surface area contributed by atoms with Crippen LogP contribution in [0.15, 0.2) is 18.2 Å². The van der Waals surface area contributed by atoms with E-state index in [0.29, 0.717) is 12.0 Å². The average Bonchev–Trinajstić information content (AvgIpc) is 2.76. The van der Waals surface area contributed by atoms with Crippen molar-refractivity contribution in [2.24, 2.45) is 5.92 Å². The van der Waals surface area contributed by atoms with Gasteiger partial charge in [0.05, 0.1) is 6.10 Å². The highest BCUT2D eigenvalue weighted by Crippen LogP contribution is 2.27. The molecule has 106 valence electrons. The van der Waals surface area contributed by atoms with Gasteiger partial charge in [-0.3, -0.25) is 4.90 Å². The molecule has 2 unspecified atom stereocenters. The summed E-state index contributed by atoms with van der Waals surface area (Å²) in [5, 5.41) is 10.5. The molecule has 0 bridgehead atoms. The molecule has 2 heteroatoms. The first-order valence-electron chi connectivity index (χ1n) is 7.48. The number of aliphatic hydroxyl groups excluding tert-OH is 1. The van der Waals surface area contributed by atoms with E-state index in [1.807, 2.05) is 0 Å². The molecule has 0 aliphatic carbocycles. The molecule has 1 aliphatic rings. The van der Waals surface area contributed by atoms with E-state index in [4.69, 9.17) is 0 Å². The molecule has 0 spiro atoms. The lowest BCUT2D eigenvalue weighted by Crippen LogP contribution is -2.36. The fourth-order valence-electron chi connectivity index (χ4n) is 3.35. The van der Waals surface area contributed by atoms with Crippen molar-refractivity contribution >= 4 is 0 Å². The van der Waals surface area contributed by atoms with E-state index >= 15 is 0 Å². The molecular weight excluding hydrogens is 234 g/mol. The van der Waals surface area contributed by atoms with E-state index in [1.54, 1.807) is 0 Å². The van der Waals surface area contributed by atoms with Crippen molar-refractivity contribution < 1.29 is 5.11 Å². The Balaban J connectivity index is 2.06. The van der Waals surface area contributed by atoms with Gasteiger partial charge >= 0.3 is 0 Å². The minimum Gasteiger partial charge on any atom is -0.387 e. The molecule has 1 saturated heterocycles. The molecule has 1 aliphatic heterocycles. The molecule has 1 aromatic rings. The number of hydrogen-bond donors (Lipinski definition) is 1. The van der Waals surface area contributed by atoms with Gasteiger partial charge < -0.3 is 5.11 Å². The number of aliphatic hydroxyl groups is 1. The summed E-state index contributed by atoms with van der Waals surface area (Å²) in [6.07, 6.45) is 2.18. The Morgan fingerprint density at radius 2 is 2.05 bits per heavy atom. The molecule has 0 radical (unpaired) electrons. The fourth-order valence-corrected chi connectivity index (χ4v) is 3.35. The van der Waals surface area contributed by atoms with Crippen LogP contribution in [0.2, 0.25) is 0 Å². The molecule has 0 saturated carbocycles. The largest absolute Gasteiger partial charge is 0.387 e. The van der Waals surface area contributed by atoms with E-state index in [-0.39, 0.29) is 6.10 Å². The SMILES string of the molecule is Cc1ccc(C(O)CN2CCCC2C(C)C)c(C)c1. The molecule has 1 aromatic carbocycles. The normalized spacial score (nSPS) is 22.1. The molecule has 0 amide bonds. The Kier molecular flexibility index (Phi) is 4.64. The van der Waals surface area contributed by atoms with Crippen molar-refractivity contribution in [1.29, 1.82) is 0 Å². The summed E-state index contributed by atoms with van der Waals surface area (Å²) in [6, 6.07) is 6.97. The first kappa shape index (κ1) is 14.5. The summed E-state index contributed by atoms with van der Waals surface area (Å²) in [5.74, 6) is 0.675. The zero-order valence-corrected chi connectivity index (χ0v) is 12.7. The summed E-state index contributed by atoms with van der Waals surface area (Å²) in [5.41, 5.74) is 3.54. The molecule has 2 atom stereocenters. The molecule has 0 aromatic heterocycles. The van der Waals surface area contributed by atoms with Crippen LogP contribution in [-0.2, 0) is 0 Å². The van der Waals surface area contributed by atoms with Crippen molar-refractivity contribution in [3.63, 3.8) is 0 Å². The van der Waals surface area contributed by atoms with Gasteiger partial charge in [-0.15, -0.1) is 0 Å². The van der Waals surface area contributed by atoms with Crippen LogP contribution in [0.1, 0.15) is 49.5 Å². The minimum absolute atomic E-state index is 0.361. The fraction of sp³-hybridized carbons (Fsp3) is 0.647. The van der Waals surface area contributed by atoms with E-state index in [1.165, 1.54) is 24.0 Å². The molecule has 1 N–H and O–H groups in total. The number of benzene rings is 1. The van der Waals surface area contributed by atoms with Crippen molar-refractivity contribution in [2.75, 3.05) is 13.1 Å². The highest BCUT2D eigenvalue weighted by atomic mass is 16.3. The second kappa shape index (κ2) is 6.06. The van der Waals surface area contributed by atoms with Gasteiger partial charge in [0.25, 0.3) is 0 Å². The highest BCUT2D eigenvalue weighted by Gasteiger charge is 2.28. The van der Waals surface area contributed by atoms with Gasteiger partial charge in [0.2, 0.25) is 0 Å². The average molecular weight is 261 g/mol. The number of hydrogen-bond acceptors (Lipinski definition) is 2. The number of nitrogens with zero attached hydrogens (tertiary/aromatic N) is 1. The first-order chi connectivity index (χ1) is 8.99. The van der Waals surface area contributed by atoms with Gasteiger partial charge in [0.15, 0.2) is 0 Å². The van der Waals surface area contributed by atoms with E-state index in [9.17, 15) is 5.11 Å². The topological polar surface area (TPSA) is 23.5 Å². The number of likely N-dealkylation sites (tertiary alicyclic amines) is 1. The molecule has 2 rings (SSSR count). The van der Waals surface area contributed by atoms with Crippen molar-refractivity contribution in [3.05, 3.63) is 34.9 Å². The van der Waals surface area contributed by atoms with Crippen LogP contribution in [0.25, 0.3) is 0 Å². The number of aryl methyl sites for hydroxylation is 2. The Bertz CT molecular complexity index is 427. The van der Waals surface area contributed by atoms with E-state index in [2.05, 4.69) is 50.8 Å². The van der Waals surface area contributed by atoms with Gasteiger partial charge in [-0.2, -0.15) is 0 Å². The molecule has 1 heterocycles. The Morgan fingerprint density at radius 1 is 1.32 bits per heavy atom. The van der Waals surface area contributed by atoms with Crippen LogP contribution in [-0.4, -0.2) is 29.1 Å². The maximum atomic E-state index is 10.5. The van der Waals surface area contributed by atoms with Gasteiger partial charge in [0.1, 0.15) is 0 Å². The monoisotopic (exact) mass is 261 g/mol. The third kappa shape index (κ3) is 3.37. The Morgan fingerprint density at radius 3 is 2.68 bits per heavy atom. The summed E-state index contributed by atoms with van der Waals surface area (Å²) < 4.78 is 0. The molecular formula is C17H27NO. The van der Waals surface area contributed by atoms with Crippen LogP contribution in [0.4, 0.5) is 0 Å². The maximum Gasteiger partial charge on any atom is 0.0919 e. The molecule has 2 nitrogen and oxygen atoms in total. The van der Waals surface area contributed by atoms with Crippen molar-refractivity contribution in [1.82, 2.24) is 4.90 Å². The van der Waals surface area contributed by atoms with E-state index < -0.39 is 0 Å². The Hall–Kier alpha value is -0.860. The van der Waals surface area contributed by atoms with Gasteiger partial charge in [-0.25, -0.2) is 0 Å². The van der Waals surface area contributed by atoms with Crippen LogP contribution in [0.5, 0.6) is 0 Å².